The molecule has 1 aromatic heterocycles. The van der Waals surface area contributed by atoms with Crippen molar-refractivity contribution in [1.29, 1.82) is 0 Å². The molecular formula is C33H43N3. The highest BCUT2D eigenvalue weighted by Crippen LogP contribution is 2.63. The zero-order valence-electron chi connectivity index (χ0n) is 24.7. The average molecular weight is 482 g/mol. The van der Waals surface area contributed by atoms with E-state index in [1.807, 2.05) is 0 Å². The van der Waals surface area contributed by atoms with Gasteiger partial charge in [0.1, 0.15) is 0 Å². The van der Waals surface area contributed by atoms with Gasteiger partial charge in [-0.25, -0.2) is 0 Å². The van der Waals surface area contributed by atoms with Crippen molar-refractivity contribution >= 4 is 22.2 Å². The number of rotatable bonds is 0. The van der Waals surface area contributed by atoms with Crippen molar-refractivity contribution in [3.8, 4) is 0 Å². The van der Waals surface area contributed by atoms with Gasteiger partial charge in [0.15, 0.2) is 0 Å². The summed E-state index contributed by atoms with van der Waals surface area (Å²) in [5.74, 6) is 0.402. The number of aromatic nitrogens is 1. The third-order valence-corrected chi connectivity index (χ3v) is 11.2. The summed E-state index contributed by atoms with van der Waals surface area (Å²) in [5.41, 5.74) is 22.5. The van der Waals surface area contributed by atoms with E-state index < -0.39 is 0 Å². The van der Waals surface area contributed by atoms with Gasteiger partial charge in [-0.1, -0.05) is 0 Å². The van der Waals surface area contributed by atoms with E-state index in [1.54, 1.807) is 22.3 Å². The fourth-order valence-corrected chi connectivity index (χ4v) is 8.40. The Morgan fingerprint density at radius 3 is 1.81 bits per heavy atom. The molecule has 2 aromatic carbocycles. The Morgan fingerprint density at radius 2 is 1.17 bits per heavy atom. The number of benzene rings is 2. The van der Waals surface area contributed by atoms with Crippen LogP contribution in [0.5, 0.6) is 0 Å². The Bertz CT molecular complexity index is 1550. The number of fused-ring (bicyclic) bond motifs is 9. The van der Waals surface area contributed by atoms with Gasteiger partial charge in [0.05, 0.1) is 11.6 Å². The number of nitrogens with zero attached hydrogens (tertiary/aromatic N) is 3. The monoisotopic (exact) mass is 481 g/mol. The highest BCUT2D eigenvalue weighted by atomic mass is 15.2. The summed E-state index contributed by atoms with van der Waals surface area (Å²) in [6.07, 6.45) is 0. The molecule has 3 nitrogen and oxygen atoms in total. The Kier molecular flexibility index (Phi) is 4.83. The molecular weight excluding hydrogens is 438 g/mol. The molecule has 3 aromatic rings. The van der Waals surface area contributed by atoms with Gasteiger partial charge < -0.3 is 9.47 Å². The first-order chi connectivity index (χ1) is 16.8. The van der Waals surface area contributed by atoms with E-state index in [9.17, 15) is 0 Å². The van der Waals surface area contributed by atoms with E-state index >= 15 is 0 Å². The molecule has 4 atom stereocenters. The van der Waals surface area contributed by atoms with E-state index in [1.165, 1.54) is 66.8 Å². The number of hydrogen-bond donors (Lipinski definition) is 0. The van der Waals surface area contributed by atoms with Crippen molar-refractivity contribution in [1.82, 2.24) is 9.47 Å². The van der Waals surface area contributed by atoms with Crippen LogP contribution in [0, 0.1) is 55.4 Å². The summed E-state index contributed by atoms with van der Waals surface area (Å²) in [4.78, 5) is 5.26. The molecule has 0 radical (unpaired) electrons. The van der Waals surface area contributed by atoms with Crippen LogP contribution in [-0.4, -0.2) is 35.6 Å². The highest BCUT2D eigenvalue weighted by molar-refractivity contribution is 6.04. The molecule has 0 bridgehead atoms. The first kappa shape index (κ1) is 23.9. The summed E-state index contributed by atoms with van der Waals surface area (Å²) in [5, 5.41) is 1.50. The predicted molar refractivity (Wildman–Crippen MR) is 155 cm³/mol. The second-order valence-electron chi connectivity index (χ2n) is 12.2. The number of anilines is 1. The Morgan fingerprint density at radius 1 is 0.611 bits per heavy atom. The van der Waals surface area contributed by atoms with Gasteiger partial charge in [0.2, 0.25) is 0 Å². The van der Waals surface area contributed by atoms with Gasteiger partial charge in [-0.05, 0) is 138 Å². The van der Waals surface area contributed by atoms with Crippen LogP contribution in [0.1, 0.15) is 87.1 Å². The number of aryl methyl sites for hydroxylation is 3. The molecule has 1 aliphatic carbocycles. The first-order valence-corrected chi connectivity index (χ1v) is 13.7. The van der Waals surface area contributed by atoms with Crippen LogP contribution in [0.2, 0.25) is 0 Å². The molecule has 0 fully saturated rings. The van der Waals surface area contributed by atoms with E-state index in [0.717, 1.165) is 0 Å². The second-order valence-corrected chi connectivity index (χ2v) is 12.2. The number of hydrogen-bond acceptors (Lipinski definition) is 2. The summed E-state index contributed by atoms with van der Waals surface area (Å²) in [6.45, 7) is 23.6. The molecule has 0 N–H and O–H groups in total. The Hall–Kier alpha value is -2.52. The fraction of sp³-hybridized carbons (Fsp3) is 0.515. The van der Waals surface area contributed by atoms with Crippen LogP contribution >= 0.6 is 0 Å². The summed E-state index contributed by atoms with van der Waals surface area (Å²) >= 11 is 0. The van der Waals surface area contributed by atoms with Gasteiger partial charge in [-0.2, -0.15) is 0 Å². The third-order valence-electron chi connectivity index (χ3n) is 11.2. The smallest absolute Gasteiger partial charge is 0.0804 e. The molecule has 0 saturated carbocycles. The average Bonchev–Trinajstić information content (AvgIpc) is 3.40. The molecule has 6 rings (SSSR count). The molecule has 0 saturated heterocycles. The van der Waals surface area contributed by atoms with Crippen molar-refractivity contribution in [2.75, 3.05) is 19.0 Å². The largest absolute Gasteiger partial charge is 0.365 e. The van der Waals surface area contributed by atoms with E-state index in [4.69, 9.17) is 0 Å². The van der Waals surface area contributed by atoms with Crippen LogP contribution in [0.4, 0.5) is 5.69 Å². The normalized spacial score (nSPS) is 25.1. The van der Waals surface area contributed by atoms with Crippen molar-refractivity contribution < 1.29 is 0 Å². The third kappa shape index (κ3) is 2.44. The molecule has 2 aliphatic heterocycles. The molecule has 3 heteroatoms. The quantitative estimate of drug-likeness (QED) is 0.331. The lowest BCUT2D eigenvalue weighted by molar-refractivity contribution is 0.278. The molecule has 0 spiro atoms. The van der Waals surface area contributed by atoms with Gasteiger partial charge >= 0.3 is 0 Å². The lowest BCUT2D eigenvalue weighted by Crippen LogP contribution is -2.32. The number of likely N-dealkylation sites (N-methyl/N-ethyl adjacent to an activating group) is 2. The molecule has 3 aliphatic rings. The summed E-state index contributed by atoms with van der Waals surface area (Å²) < 4.78 is 2.59. The fourth-order valence-electron chi connectivity index (χ4n) is 8.40. The Labute approximate surface area is 217 Å². The SMILES string of the molecule is Cc1c(C)c(C)c2c(c1C)C1C3=C(c4c(n(C)c5c(C)c(C)c(C)c(C)c45)C1N2C)C(C)N(C)C3C. The lowest BCUT2D eigenvalue weighted by atomic mass is 9.72. The molecule has 36 heavy (non-hydrogen) atoms. The topological polar surface area (TPSA) is 11.4 Å². The van der Waals surface area contributed by atoms with Crippen LogP contribution in [0.3, 0.4) is 0 Å². The molecule has 190 valence electrons. The minimum atomic E-state index is 0.324. The van der Waals surface area contributed by atoms with Gasteiger partial charge in [0, 0.05) is 54.4 Å². The molecule has 4 unspecified atom stereocenters. The summed E-state index contributed by atoms with van der Waals surface area (Å²) in [6, 6.07) is 1.16. The van der Waals surface area contributed by atoms with Gasteiger partial charge in [-0.3, -0.25) is 4.90 Å². The van der Waals surface area contributed by atoms with Gasteiger partial charge in [-0.15, -0.1) is 0 Å². The van der Waals surface area contributed by atoms with Crippen molar-refractivity contribution in [2.45, 2.75) is 93.3 Å². The zero-order chi connectivity index (χ0) is 26.3. The highest BCUT2D eigenvalue weighted by Gasteiger charge is 2.53. The maximum atomic E-state index is 2.65. The van der Waals surface area contributed by atoms with Crippen LogP contribution in [0.25, 0.3) is 16.5 Å². The summed E-state index contributed by atoms with van der Waals surface area (Å²) in [7, 11) is 7.03. The van der Waals surface area contributed by atoms with Crippen LogP contribution < -0.4 is 4.90 Å². The van der Waals surface area contributed by atoms with Gasteiger partial charge in [0.25, 0.3) is 0 Å². The van der Waals surface area contributed by atoms with E-state index in [0.29, 0.717) is 24.0 Å². The zero-order valence-corrected chi connectivity index (χ0v) is 24.7. The van der Waals surface area contributed by atoms with E-state index in [-0.39, 0.29) is 0 Å². The second kappa shape index (κ2) is 7.28. The first-order valence-electron chi connectivity index (χ1n) is 13.7. The van der Waals surface area contributed by atoms with Crippen molar-refractivity contribution in [3.63, 3.8) is 0 Å². The van der Waals surface area contributed by atoms with Crippen molar-refractivity contribution in [3.05, 3.63) is 66.9 Å². The standard InChI is InChI=1S/C33H43N3/c1-14-16(3)20(7)30-24(18(14)5)28-26-22(9)34(11)23(10)27(26)29-25-19(6)15(2)17(4)21(8)31(25)36(13)33(29)32(28)35(30)12/h22-23,28,32H,1-13H3. The lowest BCUT2D eigenvalue weighted by Gasteiger charge is -2.35. The predicted octanol–water partition coefficient (Wildman–Crippen LogP) is 7.41. The molecule has 0 amide bonds. The minimum absolute atomic E-state index is 0.324. The van der Waals surface area contributed by atoms with Crippen LogP contribution in [-0.2, 0) is 7.05 Å². The minimum Gasteiger partial charge on any atom is -0.365 e. The van der Waals surface area contributed by atoms with Crippen LogP contribution in [0.15, 0.2) is 5.57 Å². The maximum Gasteiger partial charge on any atom is 0.0804 e. The maximum absolute atomic E-state index is 2.65. The molecule has 3 heterocycles. The van der Waals surface area contributed by atoms with Crippen molar-refractivity contribution in [2.24, 2.45) is 7.05 Å². The Balaban J connectivity index is 1.84. The van der Waals surface area contributed by atoms with E-state index in [2.05, 4.69) is 105 Å².